The molecule has 1 heterocycles. The molecule has 2 aromatic carbocycles. The second-order valence-electron chi connectivity index (χ2n) is 5.31. The van der Waals surface area contributed by atoms with Crippen LogP contribution < -0.4 is 10.1 Å². The minimum Gasteiger partial charge on any atom is -0.491 e. The number of nitrogens with one attached hydrogen (secondary N) is 1. The van der Waals surface area contributed by atoms with Crippen molar-refractivity contribution in [1.29, 1.82) is 0 Å². The van der Waals surface area contributed by atoms with Gasteiger partial charge in [-0.1, -0.05) is 42.5 Å². The lowest BCUT2D eigenvalue weighted by atomic mass is 10.1. The summed E-state index contributed by atoms with van der Waals surface area (Å²) in [5, 5.41) is 3.30. The third-order valence-corrected chi connectivity index (χ3v) is 3.61. The summed E-state index contributed by atoms with van der Waals surface area (Å²) in [6.45, 7) is 3.17. The van der Waals surface area contributed by atoms with Crippen molar-refractivity contribution in [3.8, 4) is 5.75 Å². The van der Waals surface area contributed by atoms with Crippen LogP contribution in [0.4, 0.5) is 0 Å². The number of rotatable bonds is 5. The van der Waals surface area contributed by atoms with Crippen molar-refractivity contribution in [3.05, 3.63) is 65.7 Å². The van der Waals surface area contributed by atoms with E-state index in [-0.39, 0.29) is 6.10 Å². The van der Waals surface area contributed by atoms with Gasteiger partial charge in [-0.15, -0.1) is 0 Å². The first kappa shape index (κ1) is 14.1. The van der Waals surface area contributed by atoms with E-state index in [0.717, 1.165) is 31.9 Å². The van der Waals surface area contributed by atoms with E-state index in [1.54, 1.807) is 0 Å². The Bertz CT molecular complexity index is 533. The molecule has 0 aliphatic carbocycles. The van der Waals surface area contributed by atoms with Gasteiger partial charge in [0.2, 0.25) is 0 Å². The molecule has 0 bridgehead atoms. The summed E-state index contributed by atoms with van der Waals surface area (Å²) in [7, 11) is 0. The fourth-order valence-corrected chi connectivity index (χ4v) is 2.45. The third-order valence-electron chi connectivity index (χ3n) is 3.61. The topological polar surface area (TPSA) is 30.5 Å². The number of hydrogen-bond donors (Lipinski definition) is 1. The van der Waals surface area contributed by atoms with Crippen LogP contribution in [0.3, 0.4) is 0 Å². The van der Waals surface area contributed by atoms with Crippen LogP contribution in [-0.4, -0.2) is 32.4 Å². The smallest absolute Gasteiger partial charge is 0.119 e. The summed E-state index contributed by atoms with van der Waals surface area (Å²) in [6, 6.07) is 18.8. The SMILES string of the molecule is c1ccc(Cc2ccc(OCC3CNCCO3)cc2)cc1. The molecule has 0 saturated carbocycles. The van der Waals surface area contributed by atoms with Crippen LogP contribution in [0.2, 0.25) is 0 Å². The highest BCUT2D eigenvalue weighted by Crippen LogP contribution is 2.16. The number of ether oxygens (including phenoxy) is 2. The minimum absolute atomic E-state index is 0.155. The second kappa shape index (κ2) is 7.25. The van der Waals surface area contributed by atoms with E-state index in [9.17, 15) is 0 Å². The molecule has 21 heavy (non-hydrogen) atoms. The summed E-state index contributed by atoms with van der Waals surface area (Å²) in [5.41, 5.74) is 2.62. The van der Waals surface area contributed by atoms with E-state index >= 15 is 0 Å². The van der Waals surface area contributed by atoms with Gasteiger partial charge in [-0.2, -0.15) is 0 Å². The van der Waals surface area contributed by atoms with E-state index in [2.05, 4.69) is 41.7 Å². The summed E-state index contributed by atoms with van der Waals surface area (Å²) in [6.07, 6.45) is 1.11. The van der Waals surface area contributed by atoms with Crippen molar-refractivity contribution in [2.45, 2.75) is 12.5 Å². The molecule has 1 unspecified atom stereocenters. The Morgan fingerprint density at radius 1 is 1.00 bits per heavy atom. The standard InChI is InChI=1S/C18H21NO2/c1-2-4-15(5-3-1)12-16-6-8-17(9-7-16)21-14-18-13-19-10-11-20-18/h1-9,18-19H,10-14H2. The molecule has 1 aliphatic rings. The largest absolute Gasteiger partial charge is 0.491 e. The Hall–Kier alpha value is -1.84. The van der Waals surface area contributed by atoms with Crippen LogP contribution in [0, 0.1) is 0 Å². The van der Waals surface area contributed by atoms with Gasteiger partial charge in [0.1, 0.15) is 18.5 Å². The molecule has 3 nitrogen and oxygen atoms in total. The monoisotopic (exact) mass is 283 g/mol. The molecule has 0 radical (unpaired) electrons. The Morgan fingerprint density at radius 3 is 2.48 bits per heavy atom. The zero-order chi connectivity index (χ0) is 14.3. The van der Waals surface area contributed by atoms with Crippen LogP contribution in [0.1, 0.15) is 11.1 Å². The highest BCUT2D eigenvalue weighted by atomic mass is 16.5. The van der Waals surface area contributed by atoms with E-state index in [1.165, 1.54) is 11.1 Å². The van der Waals surface area contributed by atoms with E-state index < -0.39 is 0 Å². The van der Waals surface area contributed by atoms with Gasteiger partial charge in [0.05, 0.1) is 6.61 Å². The maximum atomic E-state index is 5.79. The lowest BCUT2D eigenvalue weighted by molar-refractivity contribution is 0.000193. The van der Waals surface area contributed by atoms with Crippen molar-refractivity contribution in [2.75, 3.05) is 26.3 Å². The minimum atomic E-state index is 0.155. The lowest BCUT2D eigenvalue weighted by Crippen LogP contribution is -2.41. The summed E-state index contributed by atoms with van der Waals surface area (Å²) >= 11 is 0. The summed E-state index contributed by atoms with van der Waals surface area (Å²) in [4.78, 5) is 0. The molecule has 0 aromatic heterocycles. The normalized spacial score (nSPS) is 18.4. The average Bonchev–Trinajstić information content (AvgIpc) is 2.56. The third kappa shape index (κ3) is 4.31. The average molecular weight is 283 g/mol. The quantitative estimate of drug-likeness (QED) is 0.915. The van der Waals surface area contributed by atoms with Crippen molar-refractivity contribution in [2.24, 2.45) is 0 Å². The maximum Gasteiger partial charge on any atom is 0.119 e. The fourth-order valence-electron chi connectivity index (χ4n) is 2.45. The predicted octanol–water partition coefficient (Wildman–Crippen LogP) is 2.64. The molecule has 0 spiro atoms. The second-order valence-corrected chi connectivity index (χ2v) is 5.31. The molecule has 1 aliphatic heterocycles. The van der Waals surface area contributed by atoms with Gasteiger partial charge in [-0.3, -0.25) is 0 Å². The predicted molar refractivity (Wildman–Crippen MR) is 83.8 cm³/mol. The molecule has 110 valence electrons. The molecule has 3 heteroatoms. The molecular formula is C18H21NO2. The first-order valence-electron chi connectivity index (χ1n) is 7.48. The Labute approximate surface area is 125 Å². The molecule has 1 saturated heterocycles. The van der Waals surface area contributed by atoms with Gasteiger partial charge in [-0.25, -0.2) is 0 Å². The summed E-state index contributed by atoms with van der Waals surface area (Å²) in [5.74, 6) is 0.904. The zero-order valence-electron chi connectivity index (χ0n) is 12.1. The van der Waals surface area contributed by atoms with Crippen LogP contribution in [0.5, 0.6) is 5.75 Å². The van der Waals surface area contributed by atoms with Crippen molar-refractivity contribution < 1.29 is 9.47 Å². The first-order valence-corrected chi connectivity index (χ1v) is 7.48. The van der Waals surface area contributed by atoms with Gasteiger partial charge in [0, 0.05) is 13.1 Å². The number of benzene rings is 2. The molecular weight excluding hydrogens is 262 g/mol. The van der Waals surface area contributed by atoms with Crippen LogP contribution >= 0.6 is 0 Å². The van der Waals surface area contributed by atoms with Gasteiger partial charge in [0.25, 0.3) is 0 Å². The van der Waals surface area contributed by atoms with Crippen LogP contribution in [0.15, 0.2) is 54.6 Å². The van der Waals surface area contributed by atoms with Crippen LogP contribution in [-0.2, 0) is 11.2 Å². The molecule has 1 N–H and O–H groups in total. The maximum absolute atomic E-state index is 5.79. The van der Waals surface area contributed by atoms with Gasteiger partial charge < -0.3 is 14.8 Å². The van der Waals surface area contributed by atoms with Crippen molar-refractivity contribution >= 4 is 0 Å². The van der Waals surface area contributed by atoms with Gasteiger partial charge in [0.15, 0.2) is 0 Å². The van der Waals surface area contributed by atoms with Crippen molar-refractivity contribution in [1.82, 2.24) is 5.32 Å². The Morgan fingerprint density at radius 2 is 1.76 bits per heavy atom. The molecule has 1 atom stereocenters. The van der Waals surface area contributed by atoms with Gasteiger partial charge >= 0.3 is 0 Å². The highest BCUT2D eigenvalue weighted by Gasteiger charge is 2.13. The number of hydrogen-bond acceptors (Lipinski definition) is 3. The van der Waals surface area contributed by atoms with E-state index in [1.807, 2.05) is 18.2 Å². The Kier molecular flexibility index (Phi) is 4.87. The van der Waals surface area contributed by atoms with E-state index in [4.69, 9.17) is 9.47 Å². The fraction of sp³-hybridized carbons (Fsp3) is 0.333. The lowest BCUT2D eigenvalue weighted by Gasteiger charge is -2.23. The first-order chi connectivity index (χ1) is 10.4. The molecule has 1 fully saturated rings. The van der Waals surface area contributed by atoms with E-state index in [0.29, 0.717) is 6.61 Å². The number of morpholine rings is 1. The van der Waals surface area contributed by atoms with Crippen molar-refractivity contribution in [3.63, 3.8) is 0 Å². The summed E-state index contributed by atoms with van der Waals surface area (Å²) < 4.78 is 11.4. The van der Waals surface area contributed by atoms with Crippen LogP contribution in [0.25, 0.3) is 0 Å². The Balaban J connectivity index is 1.51. The molecule has 0 amide bonds. The highest BCUT2D eigenvalue weighted by molar-refractivity contribution is 5.31. The van der Waals surface area contributed by atoms with Gasteiger partial charge in [-0.05, 0) is 29.7 Å². The zero-order valence-corrected chi connectivity index (χ0v) is 12.1. The molecule has 3 rings (SSSR count). The molecule has 2 aromatic rings.